The molecule has 4 heteroatoms. The molecular weight excluding hydrogens is 216 g/mol. The highest BCUT2D eigenvalue weighted by molar-refractivity contribution is 6.14. The normalized spacial score (nSPS) is 21.8. The number of carbonyl (C=O) groups is 1. The van der Waals surface area contributed by atoms with E-state index in [4.69, 9.17) is 17.6 Å². The monoisotopic (exact) mass is 239 g/mol. The zero-order valence-electron chi connectivity index (χ0n) is 17.6. The standard InChI is InChI=1S/C13H14N2O2/c1-13(2,3)17-12(16)15-11(9-14)10-7-5-4-6-8-10/h4-8H,1-3H3/i1D3,2D3,3D3. The Kier molecular flexibility index (Phi) is 1.55. The zero-order chi connectivity index (χ0) is 20.4. The smallest absolute Gasteiger partial charge is 0.435 e. The molecule has 0 saturated carbocycles. The SMILES string of the molecule is [2H]C([2H])([2H])C(OC(=O)N=C(C#N)c1ccccc1)(C([2H])([2H])[2H])C([2H])([2H])[2H]. The molecule has 0 fully saturated rings. The molecule has 88 valence electrons. The van der Waals surface area contributed by atoms with Crippen molar-refractivity contribution in [2.24, 2.45) is 4.99 Å². The van der Waals surface area contributed by atoms with Crippen LogP contribution in [0.4, 0.5) is 4.79 Å². The minimum atomic E-state index is -3.80. The number of nitriles is 1. The molecule has 0 atom stereocenters. The average Bonchev–Trinajstić information content (AvgIpc) is 2.47. The first-order chi connectivity index (χ1) is 11.7. The van der Waals surface area contributed by atoms with Crippen molar-refractivity contribution >= 4 is 11.8 Å². The van der Waals surface area contributed by atoms with Gasteiger partial charge in [-0.05, 0) is 20.6 Å². The van der Waals surface area contributed by atoms with E-state index in [-0.39, 0.29) is 5.56 Å². The lowest BCUT2D eigenvalue weighted by Gasteiger charge is -2.17. The van der Waals surface area contributed by atoms with Crippen LogP contribution in [0.5, 0.6) is 0 Å². The summed E-state index contributed by atoms with van der Waals surface area (Å²) in [4.78, 5) is 15.3. The second-order valence-corrected chi connectivity index (χ2v) is 2.99. The van der Waals surface area contributed by atoms with E-state index in [0.717, 1.165) is 0 Å². The Labute approximate surface area is 113 Å². The van der Waals surface area contributed by atoms with Crippen molar-refractivity contribution in [3.05, 3.63) is 35.9 Å². The lowest BCUT2D eigenvalue weighted by molar-refractivity contribution is 0.0604. The quantitative estimate of drug-likeness (QED) is 0.708. The summed E-state index contributed by atoms with van der Waals surface area (Å²) < 4.78 is 70.6. The topological polar surface area (TPSA) is 62.4 Å². The fraction of sp³-hybridized carbons (Fsp3) is 0.308. The molecule has 1 amide bonds. The zero-order valence-corrected chi connectivity index (χ0v) is 8.60. The highest BCUT2D eigenvalue weighted by Crippen LogP contribution is 2.09. The summed E-state index contributed by atoms with van der Waals surface area (Å²) in [5, 5.41) is 9.08. The maximum absolute atomic E-state index is 12.0. The van der Waals surface area contributed by atoms with Gasteiger partial charge in [0.2, 0.25) is 0 Å². The van der Waals surface area contributed by atoms with Gasteiger partial charge in [-0.3, -0.25) is 0 Å². The third-order valence-corrected chi connectivity index (χ3v) is 1.60. The van der Waals surface area contributed by atoms with Gasteiger partial charge in [-0.1, -0.05) is 30.3 Å². The Morgan fingerprint density at radius 2 is 2.06 bits per heavy atom. The summed E-state index contributed by atoms with van der Waals surface area (Å²) in [5.74, 6) is 0. The van der Waals surface area contributed by atoms with Gasteiger partial charge in [-0.2, -0.15) is 10.3 Å². The van der Waals surface area contributed by atoms with Gasteiger partial charge in [0.15, 0.2) is 5.71 Å². The number of benzene rings is 1. The molecule has 1 aromatic carbocycles. The van der Waals surface area contributed by atoms with Crippen molar-refractivity contribution in [1.82, 2.24) is 0 Å². The molecule has 4 nitrogen and oxygen atoms in total. The van der Waals surface area contributed by atoms with E-state index in [1.807, 2.05) is 0 Å². The van der Waals surface area contributed by atoms with Crippen molar-refractivity contribution in [1.29, 1.82) is 5.26 Å². The van der Waals surface area contributed by atoms with Crippen molar-refractivity contribution < 1.29 is 21.9 Å². The predicted octanol–water partition coefficient (Wildman–Crippen LogP) is 2.93. The van der Waals surface area contributed by atoms with Gasteiger partial charge in [-0.15, -0.1) is 0 Å². The summed E-state index contributed by atoms with van der Waals surface area (Å²) in [5.41, 5.74) is -4.12. The molecule has 0 N–H and O–H groups in total. The van der Waals surface area contributed by atoms with Gasteiger partial charge in [0, 0.05) is 17.9 Å². The summed E-state index contributed by atoms with van der Waals surface area (Å²) >= 11 is 0. The lowest BCUT2D eigenvalue weighted by atomic mass is 10.1. The Hall–Kier alpha value is -2.15. The number of hydrogen-bond acceptors (Lipinski definition) is 3. The molecule has 17 heavy (non-hydrogen) atoms. The minimum absolute atomic E-state index is 0.175. The van der Waals surface area contributed by atoms with E-state index >= 15 is 0 Å². The van der Waals surface area contributed by atoms with E-state index < -0.39 is 38.0 Å². The van der Waals surface area contributed by atoms with Crippen LogP contribution in [0.25, 0.3) is 0 Å². The second kappa shape index (κ2) is 5.26. The average molecular weight is 239 g/mol. The first kappa shape index (κ1) is 5.01. The highest BCUT2D eigenvalue weighted by Gasteiger charge is 2.16. The number of aliphatic imine (C=N–C) groups is 1. The fourth-order valence-corrected chi connectivity index (χ4v) is 0.995. The molecule has 0 heterocycles. The van der Waals surface area contributed by atoms with Crippen LogP contribution in [0.1, 0.15) is 38.5 Å². The Morgan fingerprint density at radius 1 is 1.41 bits per heavy atom. The molecule has 0 aliphatic rings. The number of nitrogens with zero attached hydrogens (tertiary/aromatic N) is 2. The first-order valence-corrected chi connectivity index (χ1v) is 4.44. The molecule has 0 radical (unpaired) electrons. The van der Waals surface area contributed by atoms with Gasteiger partial charge in [0.1, 0.15) is 11.7 Å². The van der Waals surface area contributed by atoms with Crippen molar-refractivity contribution in [2.75, 3.05) is 0 Å². The first-order valence-electron chi connectivity index (χ1n) is 8.94. The van der Waals surface area contributed by atoms with Gasteiger partial charge in [0.25, 0.3) is 0 Å². The Bertz CT molecular complexity index is 691. The number of carbonyl (C=O) groups excluding carboxylic acids is 1. The molecule has 0 aliphatic carbocycles. The largest absolute Gasteiger partial charge is 0.442 e. The minimum Gasteiger partial charge on any atom is -0.442 e. The van der Waals surface area contributed by atoms with Gasteiger partial charge < -0.3 is 4.74 Å². The van der Waals surface area contributed by atoms with E-state index in [1.54, 1.807) is 12.1 Å². The third kappa shape index (κ3) is 4.47. The molecule has 1 aromatic rings. The van der Waals surface area contributed by atoms with Gasteiger partial charge in [0.05, 0.1) is 0 Å². The summed E-state index contributed by atoms with van der Waals surface area (Å²) in [6.45, 7) is -11.1. The van der Waals surface area contributed by atoms with Crippen molar-refractivity contribution in [2.45, 2.75) is 26.2 Å². The van der Waals surface area contributed by atoms with E-state index in [9.17, 15) is 4.79 Å². The number of hydrogen-bond donors (Lipinski definition) is 0. The second-order valence-electron chi connectivity index (χ2n) is 2.99. The van der Waals surface area contributed by atoms with Crippen LogP contribution in [-0.4, -0.2) is 17.4 Å². The molecule has 0 aromatic heterocycles. The summed E-state index contributed by atoms with van der Waals surface area (Å²) in [6, 6.07) is 9.10. The van der Waals surface area contributed by atoms with E-state index in [2.05, 4.69) is 9.73 Å². The maximum Gasteiger partial charge on any atom is 0.435 e. The van der Waals surface area contributed by atoms with Crippen LogP contribution in [0.2, 0.25) is 0 Å². The van der Waals surface area contributed by atoms with E-state index in [0.29, 0.717) is 0 Å². The summed E-state index contributed by atoms with van der Waals surface area (Å²) in [6.07, 6.45) is -1.81. The van der Waals surface area contributed by atoms with Crippen LogP contribution in [0, 0.1) is 11.3 Å². The van der Waals surface area contributed by atoms with Crippen LogP contribution in [-0.2, 0) is 4.74 Å². The van der Waals surface area contributed by atoms with Crippen LogP contribution < -0.4 is 0 Å². The third-order valence-electron chi connectivity index (χ3n) is 1.60. The van der Waals surface area contributed by atoms with E-state index in [1.165, 1.54) is 24.3 Å². The van der Waals surface area contributed by atoms with Crippen LogP contribution in [0.15, 0.2) is 35.3 Å². The fourth-order valence-electron chi connectivity index (χ4n) is 0.995. The summed E-state index contributed by atoms with van der Waals surface area (Å²) in [7, 11) is 0. The number of rotatable bonds is 1. The Balaban J connectivity index is 3.43. The molecular formula is C13H14N2O2. The molecule has 0 unspecified atom stereocenters. The predicted molar refractivity (Wildman–Crippen MR) is 64.8 cm³/mol. The van der Waals surface area contributed by atoms with Crippen molar-refractivity contribution in [3.8, 4) is 6.07 Å². The molecule has 1 rings (SSSR count). The molecule has 0 aliphatic heterocycles. The number of ether oxygens (including phenoxy) is 1. The van der Waals surface area contributed by atoms with Crippen LogP contribution >= 0.6 is 0 Å². The van der Waals surface area contributed by atoms with Crippen molar-refractivity contribution in [3.63, 3.8) is 0 Å². The van der Waals surface area contributed by atoms with Gasteiger partial charge >= 0.3 is 6.09 Å². The van der Waals surface area contributed by atoms with Gasteiger partial charge in [-0.25, -0.2) is 4.79 Å². The lowest BCUT2D eigenvalue weighted by Crippen LogP contribution is -2.22. The maximum atomic E-state index is 12.0. The van der Waals surface area contributed by atoms with Crippen LogP contribution in [0.3, 0.4) is 0 Å². The molecule has 0 saturated heterocycles. The molecule has 0 bridgehead atoms. The molecule has 0 spiro atoms. The Morgan fingerprint density at radius 3 is 2.59 bits per heavy atom. The highest BCUT2D eigenvalue weighted by atomic mass is 16.6. The number of amides is 1.